The van der Waals surface area contributed by atoms with Gasteiger partial charge in [-0.15, -0.1) is 0 Å². The lowest BCUT2D eigenvalue weighted by Gasteiger charge is -2.37. The van der Waals surface area contributed by atoms with E-state index in [4.69, 9.17) is 9.73 Å². The largest absolute Gasteiger partial charge is 0.488 e. The van der Waals surface area contributed by atoms with Crippen molar-refractivity contribution in [3.63, 3.8) is 0 Å². The number of fused-ring (bicyclic) bond motifs is 4. The number of allylic oxidation sites excluding steroid dienone is 2. The Bertz CT molecular complexity index is 1730. The van der Waals surface area contributed by atoms with E-state index in [0.29, 0.717) is 18.4 Å². The predicted molar refractivity (Wildman–Crippen MR) is 166 cm³/mol. The Hall–Kier alpha value is -4.63. The fourth-order valence-corrected chi connectivity index (χ4v) is 6.25. The third-order valence-corrected chi connectivity index (χ3v) is 8.31. The molecule has 0 saturated heterocycles. The van der Waals surface area contributed by atoms with Gasteiger partial charge in [0.2, 0.25) is 0 Å². The molecule has 0 saturated carbocycles. The molecule has 5 aromatic rings. The average Bonchev–Trinajstić information content (AvgIpc) is 3.50. The number of para-hydroxylation sites is 1. The summed E-state index contributed by atoms with van der Waals surface area (Å²) in [6.07, 6.45) is 7.75. The second kappa shape index (κ2) is 10.5. The summed E-state index contributed by atoms with van der Waals surface area (Å²) in [6.45, 7) is 2.68. The molecular weight excluding hydrogens is 488 g/mol. The Kier molecular flexibility index (Phi) is 6.41. The lowest BCUT2D eigenvalue weighted by molar-refractivity contribution is 0.307. The molecular formula is C37H32N2O. The zero-order valence-corrected chi connectivity index (χ0v) is 22.6. The maximum absolute atomic E-state index is 6.29. The minimum atomic E-state index is 0.288. The van der Waals surface area contributed by atoms with Gasteiger partial charge in [0.1, 0.15) is 12.4 Å². The fraction of sp³-hybridized carbons (Fsp3) is 0.162. The van der Waals surface area contributed by atoms with Gasteiger partial charge in [0.15, 0.2) is 0 Å². The Balaban J connectivity index is 1.08. The van der Waals surface area contributed by atoms with E-state index in [2.05, 4.69) is 115 Å². The van der Waals surface area contributed by atoms with Crippen LogP contribution < -0.4 is 10.1 Å². The van der Waals surface area contributed by atoms with Gasteiger partial charge in [-0.25, -0.2) is 0 Å². The van der Waals surface area contributed by atoms with Gasteiger partial charge >= 0.3 is 0 Å². The first-order chi connectivity index (χ1) is 19.7. The van der Waals surface area contributed by atoms with Crippen LogP contribution in [-0.2, 0) is 6.61 Å². The SMILES string of the molecule is Cc1ccc2c(c1)[C@@H]1C=CC[C@H]1[C@@H](c1ccc(N=Cc3ccccc3OCc3cccc4ccccc34)cc1)N2. The molecule has 0 amide bonds. The first kappa shape index (κ1) is 24.4. The Morgan fingerprint density at radius 1 is 0.875 bits per heavy atom. The van der Waals surface area contributed by atoms with Crippen molar-refractivity contribution < 1.29 is 4.74 Å². The van der Waals surface area contributed by atoms with Crippen molar-refractivity contribution >= 4 is 28.4 Å². The lowest BCUT2D eigenvalue weighted by atomic mass is 9.76. The van der Waals surface area contributed by atoms with Crippen LogP contribution in [-0.4, -0.2) is 6.21 Å². The minimum Gasteiger partial charge on any atom is -0.488 e. The maximum atomic E-state index is 6.29. The van der Waals surface area contributed by atoms with E-state index in [1.54, 1.807) is 0 Å². The van der Waals surface area contributed by atoms with Gasteiger partial charge in [0.25, 0.3) is 0 Å². The number of hydrogen-bond acceptors (Lipinski definition) is 3. The molecule has 0 spiro atoms. The fourth-order valence-electron chi connectivity index (χ4n) is 6.25. The highest BCUT2D eigenvalue weighted by atomic mass is 16.5. The molecule has 0 aromatic heterocycles. The van der Waals surface area contributed by atoms with E-state index in [9.17, 15) is 0 Å². The van der Waals surface area contributed by atoms with Crippen molar-refractivity contribution in [3.05, 3.63) is 149 Å². The molecule has 3 atom stereocenters. The normalized spacial score (nSPS) is 19.4. The Morgan fingerprint density at radius 3 is 2.62 bits per heavy atom. The molecule has 0 unspecified atom stereocenters. The first-order valence-electron chi connectivity index (χ1n) is 14.1. The summed E-state index contributed by atoms with van der Waals surface area (Å²) in [6, 6.07) is 38.6. The molecule has 3 heteroatoms. The molecule has 1 heterocycles. The van der Waals surface area contributed by atoms with Gasteiger partial charge in [-0.1, -0.05) is 96.6 Å². The van der Waals surface area contributed by atoms with E-state index in [1.165, 1.54) is 38.7 Å². The van der Waals surface area contributed by atoms with Crippen LogP contribution in [0, 0.1) is 12.8 Å². The molecule has 2 aliphatic rings. The van der Waals surface area contributed by atoms with Crippen LogP contribution in [0.25, 0.3) is 10.8 Å². The van der Waals surface area contributed by atoms with Crippen LogP contribution in [0.3, 0.4) is 0 Å². The minimum absolute atomic E-state index is 0.288. The van der Waals surface area contributed by atoms with Crippen LogP contribution in [0.1, 0.15) is 46.2 Å². The highest BCUT2D eigenvalue weighted by Gasteiger charge is 2.37. The Morgan fingerprint density at radius 2 is 1.70 bits per heavy atom. The molecule has 1 aliphatic carbocycles. The number of anilines is 1. The van der Waals surface area contributed by atoms with Crippen molar-refractivity contribution in [3.8, 4) is 5.75 Å². The quantitative estimate of drug-likeness (QED) is 0.179. The molecule has 5 aromatic carbocycles. The van der Waals surface area contributed by atoms with Crippen molar-refractivity contribution in [1.29, 1.82) is 0 Å². The number of ether oxygens (including phenoxy) is 1. The monoisotopic (exact) mass is 520 g/mol. The number of rotatable bonds is 6. The summed E-state index contributed by atoms with van der Waals surface area (Å²) in [4.78, 5) is 4.80. The molecule has 7 rings (SSSR count). The van der Waals surface area contributed by atoms with Crippen molar-refractivity contribution in [2.75, 3.05) is 5.32 Å². The zero-order chi connectivity index (χ0) is 26.9. The standard InChI is InChI=1S/C37H32N2O/c1-25-16-21-35-34(22-25)32-13-7-14-33(32)37(39-35)27-17-19-30(20-18-27)38-23-28-9-3-5-15-36(28)40-24-29-11-6-10-26-8-2-4-12-31(26)29/h2-13,15-23,32-33,37,39H,14,24H2,1H3/t32-,33-,37-/m1/s1. The van der Waals surface area contributed by atoms with Gasteiger partial charge < -0.3 is 10.1 Å². The van der Waals surface area contributed by atoms with Gasteiger partial charge in [-0.2, -0.15) is 0 Å². The molecule has 40 heavy (non-hydrogen) atoms. The second-order valence-electron chi connectivity index (χ2n) is 10.9. The summed E-state index contributed by atoms with van der Waals surface area (Å²) < 4.78 is 6.29. The topological polar surface area (TPSA) is 33.6 Å². The highest BCUT2D eigenvalue weighted by molar-refractivity contribution is 5.86. The zero-order valence-electron chi connectivity index (χ0n) is 22.6. The van der Waals surface area contributed by atoms with Crippen LogP contribution in [0.4, 0.5) is 11.4 Å². The van der Waals surface area contributed by atoms with Crippen LogP contribution >= 0.6 is 0 Å². The molecule has 1 aliphatic heterocycles. The molecule has 0 fully saturated rings. The lowest BCUT2D eigenvalue weighted by Crippen LogP contribution is -2.29. The van der Waals surface area contributed by atoms with Crippen LogP contribution in [0.5, 0.6) is 5.75 Å². The third-order valence-electron chi connectivity index (χ3n) is 8.31. The number of hydrogen-bond donors (Lipinski definition) is 1. The molecule has 1 N–H and O–H groups in total. The second-order valence-corrected chi connectivity index (χ2v) is 10.9. The van der Waals surface area contributed by atoms with E-state index in [-0.39, 0.29) is 6.04 Å². The molecule has 3 nitrogen and oxygen atoms in total. The summed E-state index contributed by atoms with van der Waals surface area (Å²) in [5, 5.41) is 6.29. The third kappa shape index (κ3) is 4.69. The number of nitrogens with one attached hydrogen (secondary N) is 1. The van der Waals surface area contributed by atoms with Gasteiger partial charge in [0.05, 0.1) is 11.7 Å². The predicted octanol–water partition coefficient (Wildman–Crippen LogP) is 9.30. The first-order valence-corrected chi connectivity index (χ1v) is 14.1. The van der Waals surface area contributed by atoms with Gasteiger partial charge in [-0.3, -0.25) is 4.99 Å². The summed E-state index contributed by atoms with van der Waals surface area (Å²) in [7, 11) is 0. The van der Waals surface area contributed by atoms with E-state index in [1.807, 2.05) is 24.4 Å². The number of aliphatic imine (C=N–C) groups is 1. The van der Waals surface area contributed by atoms with Gasteiger partial charge in [-0.05, 0) is 77.1 Å². The number of aryl methyl sites for hydroxylation is 1. The van der Waals surface area contributed by atoms with E-state index >= 15 is 0 Å². The van der Waals surface area contributed by atoms with Crippen molar-refractivity contribution in [1.82, 2.24) is 0 Å². The smallest absolute Gasteiger partial charge is 0.128 e. The number of benzene rings is 5. The molecule has 0 bridgehead atoms. The van der Waals surface area contributed by atoms with Crippen LogP contribution in [0.2, 0.25) is 0 Å². The Labute approximate surface area is 235 Å². The average molecular weight is 521 g/mol. The van der Waals surface area contributed by atoms with Crippen molar-refractivity contribution in [2.45, 2.75) is 31.9 Å². The van der Waals surface area contributed by atoms with E-state index in [0.717, 1.165) is 23.4 Å². The summed E-state index contributed by atoms with van der Waals surface area (Å²) >= 11 is 0. The summed E-state index contributed by atoms with van der Waals surface area (Å²) in [5.41, 5.74) is 8.38. The summed E-state index contributed by atoms with van der Waals surface area (Å²) in [5.74, 6) is 1.84. The molecule has 0 radical (unpaired) electrons. The van der Waals surface area contributed by atoms with Gasteiger partial charge in [0, 0.05) is 23.4 Å². The number of nitrogens with zero attached hydrogens (tertiary/aromatic N) is 1. The van der Waals surface area contributed by atoms with Crippen molar-refractivity contribution in [2.24, 2.45) is 10.9 Å². The highest BCUT2D eigenvalue weighted by Crippen LogP contribution is 2.50. The van der Waals surface area contributed by atoms with Crippen LogP contribution in [0.15, 0.2) is 126 Å². The molecule has 196 valence electrons. The van der Waals surface area contributed by atoms with E-state index < -0.39 is 0 Å². The maximum Gasteiger partial charge on any atom is 0.128 e.